The number of hydrogen-bond acceptors (Lipinski definition) is 7. The highest BCUT2D eigenvalue weighted by Gasteiger charge is 2.19. The van der Waals surface area contributed by atoms with E-state index in [4.69, 9.17) is 10.6 Å². The summed E-state index contributed by atoms with van der Waals surface area (Å²) in [5.41, 5.74) is 0.777. The third kappa shape index (κ3) is 5.88. The molecular formula is C22H19F2N5O2S2. The number of aromatic nitrogens is 3. The van der Waals surface area contributed by atoms with E-state index < -0.39 is 6.04 Å². The van der Waals surface area contributed by atoms with E-state index in [0.717, 1.165) is 22.2 Å². The van der Waals surface area contributed by atoms with Crippen molar-refractivity contribution < 1.29 is 18.3 Å². The molecule has 11 heteroatoms. The van der Waals surface area contributed by atoms with E-state index in [9.17, 15) is 13.6 Å². The maximum atomic E-state index is 13.3. The molecule has 0 saturated carbocycles. The number of nitrogen functional groups attached to an aromatic ring is 1. The maximum Gasteiger partial charge on any atom is 0.231 e. The summed E-state index contributed by atoms with van der Waals surface area (Å²) in [6, 6.07) is 15.0. The fourth-order valence-corrected chi connectivity index (χ4v) is 4.43. The summed E-state index contributed by atoms with van der Waals surface area (Å²) in [4.78, 5) is 13.6. The zero-order valence-corrected chi connectivity index (χ0v) is 18.8. The second-order valence-corrected chi connectivity index (χ2v) is 8.79. The zero-order valence-electron chi connectivity index (χ0n) is 17.2. The number of hydrogen-bond donors (Lipinski definition) is 2. The van der Waals surface area contributed by atoms with Gasteiger partial charge < -0.3 is 15.9 Å². The first-order chi connectivity index (χ1) is 16.0. The molecule has 0 aliphatic carbocycles. The Morgan fingerprint density at radius 1 is 1.09 bits per heavy atom. The van der Waals surface area contributed by atoms with E-state index >= 15 is 0 Å². The molecule has 170 valence electrons. The van der Waals surface area contributed by atoms with Crippen LogP contribution in [-0.2, 0) is 11.4 Å². The lowest BCUT2D eigenvalue weighted by Crippen LogP contribution is -2.30. The number of amides is 1. The molecule has 4 rings (SSSR count). The Kier molecular flexibility index (Phi) is 7.20. The molecule has 0 fully saturated rings. The van der Waals surface area contributed by atoms with Crippen LogP contribution in [0.25, 0.3) is 0 Å². The molecule has 0 radical (unpaired) electrons. The van der Waals surface area contributed by atoms with Crippen molar-refractivity contribution in [1.82, 2.24) is 20.2 Å². The summed E-state index contributed by atoms with van der Waals surface area (Å²) in [6.07, 6.45) is 0. The lowest BCUT2D eigenvalue weighted by atomic mass is 10.1. The van der Waals surface area contributed by atoms with Gasteiger partial charge in [0.05, 0.1) is 11.8 Å². The summed E-state index contributed by atoms with van der Waals surface area (Å²) < 4.78 is 33.1. The largest absolute Gasteiger partial charge is 0.486 e. The summed E-state index contributed by atoms with van der Waals surface area (Å²) in [5, 5.41) is 13.2. The second kappa shape index (κ2) is 10.5. The maximum absolute atomic E-state index is 13.3. The van der Waals surface area contributed by atoms with Crippen LogP contribution in [0.4, 0.5) is 8.78 Å². The van der Waals surface area contributed by atoms with Crippen LogP contribution < -0.4 is 15.9 Å². The fraction of sp³-hybridized carbons (Fsp3) is 0.136. The molecule has 2 aromatic carbocycles. The van der Waals surface area contributed by atoms with E-state index in [2.05, 4.69) is 15.5 Å². The summed E-state index contributed by atoms with van der Waals surface area (Å²) in [5.74, 6) is 5.96. The zero-order chi connectivity index (χ0) is 23.2. The van der Waals surface area contributed by atoms with Gasteiger partial charge in [-0.3, -0.25) is 4.79 Å². The Bertz CT molecular complexity index is 1200. The van der Waals surface area contributed by atoms with Gasteiger partial charge in [0.1, 0.15) is 24.0 Å². The van der Waals surface area contributed by atoms with Crippen LogP contribution >= 0.6 is 23.1 Å². The van der Waals surface area contributed by atoms with Gasteiger partial charge in [-0.05, 0) is 53.4 Å². The Morgan fingerprint density at radius 3 is 2.45 bits per heavy atom. The number of ether oxygens (including phenoxy) is 1. The first-order valence-electron chi connectivity index (χ1n) is 9.78. The van der Waals surface area contributed by atoms with E-state index in [1.165, 1.54) is 52.4 Å². The molecule has 1 unspecified atom stereocenters. The van der Waals surface area contributed by atoms with Gasteiger partial charge in [-0.15, -0.1) is 21.5 Å². The third-order valence-electron chi connectivity index (χ3n) is 4.59. The van der Waals surface area contributed by atoms with Gasteiger partial charge in [-0.2, -0.15) is 0 Å². The van der Waals surface area contributed by atoms with E-state index in [-0.39, 0.29) is 29.9 Å². The lowest BCUT2D eigenvalue weighted by Gasteiger charge is -2.18. The van der Waals surface area contributed by atoms with Crippen LogP contribution in [0.3, 0.4) is 0 Å². The van der Waals surface area contributed by atoms with Crippen molar-refractivity contribution in [2.45, 2.75) is 17.8 Å². The van der Waals surface area contributed by atoms with E-state index in [1.807, 2.05) is 17.5 Å². The standard InChI is InChI=1S/C22H19F2N5O2S2/c23-15-5-3-14(4-6-15)21(18-2-1-11-32-18)26-20(30)13-33-22-28-27-19(29(22)25)12-31-17-9-7-16(24)8-10-17/h1-11,21H,12-13,25H2,(H,26,30). The van der Waals surface area contributed by atoms with Crippen molar-refractivity contribution in [3.05, 3.63) is 93.9 Å². The van der Waals surface area contributed by atoms with Gasteiger partial charge in [0.2, 0.25) is 11.1 Å². The SMILES string of the molecule is Nn1c(COc2ccc(F)cc2)nnc1SCC(=O)NC(c1ccc(F)cc1)c1cccs1. The molecular weight excluding hydrogens is 468 g/mol. The van der Waals surface area contributed by atoms with Crippen molar-refractivity contribution in [1.29, 1.82) is 0 Å². The topological polar surface area (TPSA) is 95.1 Å². The van der Waals surface area contributed by atoms with Gasteiger partial charge in [-0.1, -0.05) is 30.0 Å². The molecule has 7 nitrogen and oxygen atoms in total. The van der Waals surface area contributed by atoms with E-state index in [1.54, 1.807) is 12.1 Å². The average molecular weight is 488 g/mol. The smallest absolute Gasteiger partial charge is 0.231 e. The summed E-state index contributed by atoms with van der Waals surface area (Å²) >= 11 is 2.63. The average Bonchev–Trinajstić information content (AvgIpc) is 3.47. The van der Waals surface area contributed by atoms with Crippen molar-refractivity contribution in [3.8, 4) is 5.75 Å². The second-order valence-electron chi connectivity index (χ2n) is 6.87. The Labute approximate surface area is 196 Å². The molecule has 0 aliphatic rings. The number of carbonyl (C=O) groups excluding carboxylic acids is 1. The number of benzene rings is 2. The van der Waals surface area contributed by atoms with Crippen LogP contribution in [0.5, 0.6) is 5.75 Å². The molecule has 0 saturated heterocycles. The molecule has 1 atom stereocenters. The molecule has 2 aromatic heterocycles. The van der Waals surface area contributed by atoms with Crippen molar-refractivity contribution >= 4 is 29.0 Å². The molecule has 0 spiro atoms. The number of nitrogens with one attached hydrogen (secondary N) is 1. The monoisotopic (exact) mass is 487 g/mol. The van der Waals surface area contributed by atoms with Gasteiger partial charge >= 0.3 is 0 Å². The normalized spacial score (nSPS) is 11.8. The first kappa shape index (κ1) is 22.7. The number of thioether (sulfide) groups is 1. The lowest BCUT2D eigenvalue weighted by molar-refractivity contribution is -0.119. The van der Waals surface area contributed by atoms with Gasteiger partial charge in [0.25, 0.3) is 0 Å². The number of rotatable bonds is 9. The van der Waals surface area contributed by atoms with Gasteiger partial charge in [0.15, 0.2) is 5.82 Å². The molecule has 0 bridgehead atoms. The van der Waals surface area contributed by atoms with Crippen molar-refractivity contribution in [2.75, 3.05) is 11.6 Å². The predicted molar refractivity (Wildman–Crippen MR) is 122 cm³/mol. The minimum atomic E-state index is -0.394. The Hall–Kier alpha value is -3.44. The summed E-state index contributed by atoms with van der Waals surface area (Å²) in [7, 11) is 0. The predicted octanol–water partition coefficient (Wildman–Crippen LogP) is 3.91. The molecule has 33 heavy (non-hydrogen) atoms. The third-order valence-corrected chi connectivity index (χ3v) is 6.47. The number of carbonyl (C=O) groups is 1. The fourth-order valence-electron chi connectivity index (χ4n) is 2.95. The Balaban J connectivity index is 1.36. The van der Waals surface area contributed by atoms with E-state index in [0.29, 0.717) is 16.7 Å². The number of thiophene rings is 1. The van der Waals surface area contributed by atoms with Crippen LogP contribution in [0, 0.1) is 11.6 Å². The van der Waals surface area contributed by atoms with Crippen LogP contribution in [0.1, 0.15) is 22.3 Å². The van der Waals surface area contributed by atoms with Crippen LogP contribution in [-0.4, -0.2) is 26.5 Å². The first-order valence-corrected chi connectivity index (χ1v) is 11.6. The number of nitrogens with two attached hydrogens (primary N) is 1. The summed E-state index contributed by atoms with van der Waals surface area (Å²) in [6.45, 7) is 0.0346. The Morgan fingerprint density at radius 2 is 1.79 bits per heavy atom. The molecule has 1 amide bonds. The van der Waals surface area contributed by atoms with Crippen molar-refractivity contribution in [3.63, 3.8) is 0 Å². The van der Waals surface area contributed by atoms with Gasteiger partial charge in [-0.25, -0.2) is 13.5 Å². The quantitative estimate of drug-likeness (QED) is 0.275. The minimum Gasteiger partial charge on any atom is -0.486 e. The molecule has 3 N–H and O–H groups in total. The highest BCUT2D eigenvalue weighted by Crippen LogP contribution is 2.27. The van der Waals surface area contributed by atoms with Gasteiger partial charge in [0, 0.05) is 4.88 Å². The molecule has 4 aromatic rings. The minimum absolute atomic E-state index is 0.0346. The van der Waals surface area contributed by atoms with Crippen molar-refractivity contribution in [2.24, 2.45) is 0 Å². The van der Waals surface area contributed by atoms with Crippen LogP contribution in [0.15, 0.2) is 71.2 Å². The molecule has 0 aliphatic heterocycles. The number of nitrogens with zero attached hydrogens (tertiary/aromatic N) is 3. The number of halogens is 2. The molecule has 2 heterocycles. The highest BCUT2D eigenvalue weighted by molar-refractivity contribution is 7.99. The van der Waals surface area contributed by atoms with Crippen LogP contribution in [0.2, 0.25) is 0 Å². The highest BCUT2D eigenvalue weighted by atomic mass is 32.2.